The van der Waals surface area contributed by atoms with E-state index in [4.69, 9.17) is 13.7 Å². The summed E-state index contributed by atoms with van der Waals surface area (Å²) in [5.74, 6) is -7.60. The summed E-state index contributed by atoms with van der Waals surface area (Å²) >= 11 is 0. The molecule has 1 saturated heterocycles. The molecule has 0 spiro atoms. The van der Waals surface area contributed by atoms with Gasteiger partial charge in [0.25, 0.3) is 0 Å². The third kappa shape index (κ3) is 3.73. The van der Waals surface area contributed by atoms with E-state index in [9.17, 15) is 26.3 Å². The Morgan fingerprint density at radius 3 is 0.967 bits per heavy atom. The van der Waals surface area contributed by atoms with Gasteiger partial charge in [0.1, 0.15) is 0 Å². The van der Waals surface area contributed by atoms with Crippen LogP contribution in [0.3, 0.4) is 0 Å². The van der Waals surface area contributed by atoms with Crippen LogP contribution in [0, 0.1) is 34.9 Å². The van der Waals surface area contributed by atoms with Gasteiger partial charge in [0, 0.05) is 16.4 Å². The van der Waals surface area contributed by atoms with Gasteiger partial charge >= 0.3 is 21.4 Å². The monoisotopic (exact) mass is 420 g/mol. The molecule has 1 heterocycles. The summed E-state index contributed by atoms with van der Waals surface area (Å²) in [5, 5.41) is 0. The Bertz CT molecular complexity index is 960. The van der Waals surface area contributed by atoms with Crippen LogP contribution in [0.4, 0.5) is 26.3 Å². The Labute approximate surface area is 168 Å². The summed E-state index contributed by atoms with van der Waals surface area (Å²) in [6, 6.07) is 9.47. The highest BCUT2D eigenvalue weighted by atomic mass is 19.2. The Kier molecular flexibility index (Phi) is 5.63. The molecule has 0 radical (unpaired) electrons. The second-order valence-corrected chi connectivity index (χ2v) is 6.33. The smallest absolute Gasteiger partial charge is 0.444 e. The number of rotatable bonds is 3. The fourth-order valence-electron chi connectivity index (χ4n) is 2.98. The highest BCUT2D eigenvalue weighted by Gasteiger charge is 2.47. The van der Waals surface area contributed by atoms with E-state index >= 15 is 0 Å². The largest absolute Gasteiger partial charge is 0.470 e. The third-order valence-electron chi connectivity index (χ3n) is 4.45. The van der Waals surface area contributed by atoms with Crippen LogP contribution in [0.15, 0.2) is 54.6 Å². The fraction of sp³-hybridized carbons (Fsp3) is 0. The van der Waals surface area contributed by atoms with Gasteiger partial charge in [-0.15, -0.1) is 0 Å². The van der Waals surface area contributed by atoms with E-state index in [1.807, 2.05) is 0 Å². The van der Waals surface area contributed by atoms with Crippen LogP contribution < -0.4 is 16.4 Å². The first-order valence-corrected chi connectivity index (χ1v) is 8.65. The number of hydrogen-bond acceptors (Lipinski definition) is 3. The predicted molar refractivity (Wildman–Crippen MR) is 98.5 cm³/mol. The molecule has 1 aliphatic heterocycles. The number of hydrogen-bond donors (Lipinski definition) is 0. The lowest BCUT2D eigenvalue weighted by atomic mass is 9.61. The molecule has 150 valence electrons. The van der Waals surface area contributed by atoms with Crippen molar-refractivity contribution in [2.75, 3.05) is 0 Å². The van der Waals surface area contributed by atoms with Crippen LogP contribution in [-0.2, 0) is 13.7 Å². The van der Waals surface area contributed by atoms with Gasteiger partial charge in [0.2, 0.25) is 0 Å². The topological polar surface area (TPSA) is 27.7 Å². The minimum absolute atomic E-state index is 0.429. The van der Waals surface area contributed by atoms with Crippen molar-refractivity contribution in [2.24, 2.45) is 0 Å². The van der Waals surface area contributed by atoms with E-state index < -0.39 is 72.6 Å². The minimum Gasteiger partial charge on any atom is -0.444 e. The maximum absolute atomic E-state index is 14.3. The summed E-state index contributed by atoms with van der Waals surface area (Å²) in [6.45, 7) is 0. The highest BCUT2D eigenvalue weighted by molar-refractivity contribution is 6.87. The molecule has 30 heavy (non-hydrogen) atoms. The van der Waals surface area contributed by atoms with Gasteiger partial charge in [-0.1, -0.05) is 36.4 Å². The molecule has 1 fully saturated rings. The Balaban J connectivity index is 1.79. The van der Waals surface area contributed by atoms with Gasteiger partial charge in [-0.25, -0.2) is 26.3 Å². The summed E-state index contributed by atoms with van der Waals surface area (Å²) in [6.07, 6.45) is 0. The van der Waals surface area contributed by atoms with Gasteiger partial charge in [0.05, 0.1) is 0 Å². The first-order valence-electron chi connectivity index (χ1n) is 8.65. The van der Waals surface area contributed by atoms with Crippen molar-refractivity contribution in [3.63, 3.8) is 0 Å². The zero-order chi connectivity index (χ0) is 21.4. The standard InChI is InChI=1S/C18H9B3F6O3/c22-13-7-1-4-10(16(13)25)19-28-20(11-5-2-8-14(23)17(11)26)30-21(29-19)12-6-3-9-15(24)18(12)27/h1-9H. The molecule has 3 aromatic carbocycles. The molecule has 0 bridgehead atoms. The highest BCUT2D eigenvalue weighted by Crippen LogP contribution is 2.16. The van der Waals surface area contributed by atoms with Gasteiger partial charge in [-0.05, 0) is 18.2 Å². The Morgan fingerprint density at radius 1 is 0.433 bits per heavy atom. The molecule has 0 amide bonds. The maximum Gasteiger partial charge on any atom is 0.470 e. The van der Waals surface area contributed by atoms with Gasteiger partial charge in [-0.3, -0.25) is 0 Å². The second-order valence-electron chi connectivity index (χ2n) is 6.33. The lowest BCUT2D eigenvalue weighted by Gasteiger charge is -2.31. The van der Waals surface area contributed by atoms with Crippen molar-refractivity contribution < 1.29 is 40.1 Å². The second kappa shape index (κ2) is 8.21. The molecule has 3 aromatic rings. The van der Waals surface area contributed by atoms with E-state index in [1.165, 1.54) is 18.2 Å². The average Bonchev–Trinajstić information content (AvgIpc) is 2.73. The quantitative estimate of drug-likeness (QED) is 0.480. The van der Waals surface area contributed by atoms with Crippen LogP contribution in [0.5, 0.6) is 0 Å². The van der Waals surface area contributed by atoms with E-state index in [0.717, 1.165) is 36.4 Å². The number of halogens is 6. The van der Waals surface area contributed by atoms with Gasteiger partial charge in [0.15, 0.2) is 34.9 Å². The summed E-state index contributed by atoms with van der Waals surface area (Å²) in [4.78, 5) is 0. The van der Waals surface area contributed by atoms with Crippen LogP contribution in [-0.4, -0.2) is 21.4 Å². The van der Waals surface area contributed by atoms with E-state index in [1.54, 1.807) is 0 Å². The average molecular weight is 420 g/mol. The van der Waals surface area contributed by atoms with Crippen molar-refractivity contribution >= 4 is 37.7 Å². The molecule has 0 atom stereocenters. The molecule has 0 saturated carbocycles. The molecule has 0 aromatic heterocycles. The zero-order valence-corrected chi connectivity index (χ0v) is 14.9. The molecule has 12 heteroatoms. The van der Waals surface area contributed by atoms with E-state index in [0.29, 0.717) is 0 Å². The van der Waals surface area contributed by atoms with Crippen molar-refractivity contribution in [3.05, 3.63) is 89.5 Å². The summed E-state index contributed by atoms with van der Waals surface area (Å²) in [5.41, 5.74) is -1.29. The molecule has 3 nitrogen and oxygen atoms in total. The number of benzene rings is 3. The third-order valence-corrected chi connectivity index (χ3v) is 4.45. The molecular weight excluding hydrogens is 411 g/mol. The van der Waals surface area contributed by atoms with Crippen LogP contribution in [0.25, 0.3) is 0 Å². The van der Waals surface area contributed by atoms with Crippen molar-refractivity contribution in [1.82, 2.24) is 0 Å². The van der Waals surface area contributed by atoms with E-state index in [-0.39, 0.29) is 0 Å². The normalized spacial score (nSPS) is 14.4. The van der Waals surface area contributed by atoms with Crippen LogP contribution >= 0.6 is 0 Å². The molecule has 0 N–H and O–H groups in total. The molecule has 0 aliphatic carbocycles. The van der Waals surface area contributed by atoms with Gasteiger partial charge < -0.3 is 13.7 Å². The van der Waals surface area contributed by atoms with Crippen molar-refractivity contribution in [2.45, 2.75) is 0 Å². The zero-order valence-electron chi connectivity index (χ0n) is 14.9. The maximum atomic E-state index is 14.3. The summed E-state index contributed by atoms with van der Waals surface area (Å²) < 4.78 is 100. The van der Waals surface area contributed by atoms with E-state index in [2.05, 4.69) is 0 Å². The molecule has 0 unspecified atom stereocenters. The first kappa shape index (κ1) is 20.6. The first-order chi connectivity index (χ1) is 14.4. The Morgan fingerprint density at radius 2 is 0.700 bits per heavy atom. The SMILES string of the molecule is Fc1cccc(B2OB(c3cccc(F)c3F)OB(c3cccc(F)c3F)O2)c1F. The molecule has 4 rings (SSSR count). The molecular formula is C18H9B3F6O3. The lowest BCUT2D eigenvalue weighted by Crippen LogP contribution is -2.62. The van der Waals surface area contributed by atoms with Crippen LogP contribution in [0.2, 0.25) is 0 Å². The predicted octanol–water partition coefficient (Wildman–Crippen LogP) is 2.07. The van der Waals surface area contributed by atoms with Crippen LogP contribution in [0.1, 0.15) is 0 Å². The van der Waals surface area contributed by atoms with Gasteiger partial charge in [-0.2, -0.15) is 0 Å². The molecule has 1 aliphatic rings. The summed E-state index contributed by atoms with van der Waals surface area (Å²) in [7, 11) is -5.10. The minimum atomic E-state index is -1.70. The van der Waals surface area contributed by atoms with Crippen molar-refractivity contribution in [3.8, 4) is 0 Å². The van der Waals surface area contributed by atoms with Crippen molar-refractivity contribution in [1.29, 1.82) is 0 Å². The fourth-order valence-corrected chi connectivity index (χ4v) is 2.98. The lowest BCUT2D eigenvalue weighted by molar-refractivity contribution is 0.304. The Hall–Kier alpha value is -2.69.